The predicted octanol–water partition coefficient (Wildman–Crippen LogP) is 2.91. The van der Waals surface area contributed by atoms with Crippen LogP contribution in [-0.2, 0) is 16.6 Å². The van der Waals surface area contributed by atoms with E-state index in [0.717, 1.165) is 6.07 Å². The molecule has 2 N–H and O–H groups in total. The normalized spacial score (nSPS) is 13.7. The molecule has 0 fully saturated rings. The summed E-state index contributed by atoms with van der Waals surface area (Å²) >= 11 is 5.84. The molecule has 7 heteroatoms. The van der Waals surface area contributed by atoms with Gasteiger partial charge in [0.25, 0.3) is 0 Å². The van der Waals surface area contributed by atoms with Crippen molar-refractivity contribution in [3.05, 3.63) is 28.5 Å². The monoisotopic (exact) mass is 336 g/mol. The maximum Gasteiger partial charge on any atom is 0.240 e. The summed E-state index contributed by atoms with van der Waals surface area (Å²) in [7, 11) is -2.08. The van der Waals surface area contributed by atoms with Gasteiger partial charge in [-0.05, 0) is 44.0 Å². The van der Waals surface area contributed by atoms with Gasteiger partial charge in [-0.3, -0.25) is 0 Å². The number of nitrogens with one attached hydrogen (secondary N) is 2. The average Bonchev–Trinajstić information content (AvgIpc) is 2.32. The molecule has 0 aromatic heterocycles. The first-order valence-corrected chi connectivity index (χ1v) is 8.68. The third kappa shape index (κ3) is 5.21. The summed E-state index contributed by atoms with van der Waals surface area (Å²) in [6.07, 6.45) is 0.707. The summed E-state index contributed by atoms with van der Waals surface area (Å²) in [5.41, 5.74) is 0.413. The van der Waals surface area contributed by atoms with Crippen molar-refractivity contribution < 1.29 is 12.8 Å². The van der Waals surface area contributed by atoms with Crippen molar-refractivity contribution in [2.75, 3.05) is 7.05 Å². The van der Waals surface area contributed by atoms with Crippen molar-refractivity contribution in [1.82, 2.24) is 10.0 Å². The summed E-state index contributed by atoms with van der Waals surface area (Å²) in [4.78, 5) is -0.106. The van der Waals surface area contributed by atoms with E-state index in [9.17, 15) is 12.8 Å². The summed E-state index contributed by atoms with van der Waals surface area (Å²) in [6.45, 7) is 6.11. The Kier molecular flexibility index (Phi) is 6.59. The van der Waals surface area contributed by atoms with E-state index in [1.807, 2.05) is 13.8 Å². The minimum atomic E-state index is -3.76. The molecule has 0 spiro atoms. The van der Waals surface area contributed by atoms with Gasteiger partial charge in [-0.25, -0.2) is 17.5 Å². The summed E-state index contributed by atoms with van der Waals surface area (Å²) in [6, 6.07) is 2.12. The van der Waals surface area contributed by atoms with E-state index >= 15 is 0 Å². The number of benzene rings is 1. The predicted molar refractivity (Wildman–Crippen MR) is 83.4 cm³/mol. The van der Waals surface area contributed by atoms with Crippen LogP contribution < -0.4 is 10.0 Å². The van der Waals surface area contributed by atoms with Gasteiger partial charge in [0.1, 0.15) is 5.82 Å². The van der Waals surface area contributed by atoms with Crippen LogP contribution in [0.2, 0.25) is 5.02 Å². The van der Waals surface area contributed by atoms with Crippen LogP contribution in [-0.4, -0.2) is 21.5 Å². The Bertz CT molecular complexity index is 591. The van der Waals surface area contributed by atoms with Crippen molar-refractivity contribution in [3.8, 4) is 0 Å². The largest absolute Gasteiger partial charge is 0.316 e. The lowest BCUT2D eigenvalue weighted by Gasteiger charge is -2.17. The maximum atomic E-state index is 13.8. The standard InChI is InChI=1S/C14H22ClFN2O2S/c1-9(2)5-10(3)18-21(19,20)12-6-11(8-17-4)14(15)13(16)7-12/h6-7,9-10,17-18H,5,8H2,1-4H3. The molecule has 1 aromatic carbocycles. The molecule has 0 heterocycles. The molecule has 0 amide bonds. The van der Waals surface area contributed by atoms with Gasteiger partial charge in [0.2, 0.25) is 10.0 Å². The van der Waals surface area contributed by atoms with Crippen LogP contribution in [0.5, 0.6) is 0 Å². The van der Waals surface area contributed by atoms with Gasteiger partial charge in [-0.1, -0.05) is 25.4 Å². The number of sulfonamides is 1. The van der Waals surface area contributed by atoms with Crippen LogP contribution in [0, 0.1) is 11.7 Å². The number of rotatable bonds is 7. The number of halogens is 2. The lowest BCUT2D eigenvalue weighted by molar-refractivity contribution is 0.482. The van der Waals surface area contributed by atoms with Crippen molar-refractivity contribution in [2.45, 2.75) is 44.7 Å². The molecular formula is C14H22ClFN2O2S. The van der Waals surface area contributed by atoms with Gasteiger partial charge in [0.15, 0.2) is 0 Å². The van der Waals surface area contributed by atoms with E-state index in [0.29, 0.717) is 24.4 Å². The van der Waals surface area contributed by atoms with Crippen LogP contribution in [0.3, 0.4) is 0 Å². The summed E-state index contributed by atoms with van der Waals surface area (Å²) in [5, 5.41) is 2.77. The van der Waals surface area contributed by atoms with Gasteiger partial charge in [-0.15, -0.1) is 0 Å². The topological polar surface area (TPSA) is 58.2 Å². The third-order valence-electron chi connectivity index (χ3n) is 2.94. The molecule has 0 aliphatic carbocycles. The molecule has 1 atom stereocenters. The smallest absolute Gasteiger partial charge is 0.240 e. The van der Waals surface area contributed by atoms with Crippen molar-refractivity contribution in [1.29, 1.82) is 0 Å². The first-order valence-electron chi connectivity index (χ1n) is 6.82. The highest BCUT2D eigenvalue weighted by molar-refractivity contribution is 7.89. The van der Waals surface area contributed by atoms with Gasteiger partial charge in [0.05, 0.1) is 9.92 Å². The fourth-order valence-corrected chi connectivity index (χ4v) is 3.67. The molecule has 0 saturated heterocycles. The second-order valence-corrected chi connectivity index (χ2v) is 7.65. The van der Waals surface area contributed by atoms with E-state index in [2.05, 4.69) is 10.0 Å². The quantitative estimate of drug-likeness (QED) is 0.805. The molecule has 120 valence electrons. The zero-order chi connectivity index (χ0) is 16.2. The zero-order valence-corrected chi connectivity index (χ0v) is 14.3. The van der Waals surface area contributed by atoms with Crippen LogP contribution in [0.25, 0.3) is 0 Å². The van der Waals surface area contributed by atoms with Crippen LogP contribution in [0.4, 0.5) is 4.39 Å². The Morgan fingerprint density at radius 3 is 2.43 bits per heavy atom. The average molecular weight is 337 g/mol. The molecule has 0 radical (unpaired) electrons. The Labute approximate surface area is 131 Å². The summed E-state index contributed by atoms with van der Waals surface area (Å²) < 4.78 is 41.0. The Balaban J connectivity index is 3.08. The van der Waals surface area contributed by atoms with Crippen LogP contribution >= 0.6 is 11.6 Å². The summed E-state index contributed by atoms with van der Waals surface area (Å²) in [5.74, 6) is -0.370. The van der Waals surface area contributed by atoms with Crippen molar-refractivity contribution >= 4 is 21.6 Å². The number of hydrogen-bond acceptors (Lipinski definition) is 3. The third-order valence-corrected chi connectivity index (χ3v) is 4.93. The molecule has 0 aliphatic rings. The van der Waals surface area contributed by atoms with E-state index in [-0.39, 0.29) is 16.0 Å². The fraction of sp³-hybridized carbons (Fsp3) is 0.571. The highest BCUT2D eigenvalue weighted by Gasteiger charge is 2.21. The molecule has 21 heavy (non-hydrogen) atoms. The van der Waals surface area contributed by atoms with Gasteiger partial charge in [-0.2, -0.15) is 0 Å². The molecule has 0 aliphatic heterocycles. The van der Waals surface area contributed by atoms with Crippen molar-refractivity contribution in [2.24, 2.45) is 5.92 Å². The van der Waals surface area contributed by atoms with Gasteiger partial charge < -0.3 is 5.32 Å². The SMILES string of the molecule is CNCc1cc(S(=O)(=O)NC(C)CC(C)C)cc(F)c1Cl. The minimum Gasteiger partial charge on any atom is -0.316 e. The van der Waals surface area contributed by atoms with E-state index in [1.54, 1.807) is 14.0 Å². The van der Waals surface area contributed by atoms with Gasteiger partial charge >= 0.3 is 0 Å². The molecule has 0 bridgehead atoms. The Hall–Kier alpha value is -0.690. The Morgan fingerprint density at radius 1 is 1.29 bits per heavy atom. The fourth-order valence-electron chi connectivity index (χ4n) is 2.18. The zero-order valence-electron chi connectivity index (χ0n) is 12.7. The van der Waals surface area contributed by atoms with E-state index in [1.165, 1.54) is 6.07 Å². The molecule has 1 rings (SSSR count). The molecular weight excluding hydrogens is 315 g/mol. The first kappa shape index (κ1) is 18.4. The van der Waals surface area contributed by atoms with Crippen molar-refractivity contribution in [3.63, 3.8) is 0 Å². The van der Waals surface area contributed by atoms with Crippen LogP contribution in [0.15, 0.2) is 17.0 Å². The van der Waals surface area contributed by atoms with Crippen LogP contribution in [0.1, 0.15) is 32.8 Å². The molecule has 4 nitrogen and oxygen atoms in total. The minimum absolute atomic E-state index is 0.0569. The Morgan fingerprint density at radius 2 is 1.90 bits per heavy atom. The molecule has 1 unspecified atom stereocenters. The highest BCUT2D eigenvalue weighted by atomic mass is 35.5. The first-order chi connectivity index (χ1) is 9.67. The van der Waals surface area contributed by atoms with E-state index < -0.39 is 15.8 Å². The number of hydrogen-bond donors (Lipinski definition) is 2. The maximum absolute atomic E-state index is 13.8. The highest BCUT2D eigenvalue weighted by Crippen LogP contribution is 2.24. The molecule has 1 aromatic rings. The molecule has 0 saturated carbocycles. The lowest BCUT2D eigenvalue weighted by Crippen LogP contribution is -2.33. The van der Waals surface area contributed by atoms with Gasteiger partial charge in [0, 0.05) is 12.6 Å². The lowest BCUT2D eigenvalue weighted by atomic mass is 10.1. The second kappa shape index (κ2) is 7.54. The van der Waals surface area contributed by atoms with E-state index in [4.69, 9.17) is 11.6 Å². The second-order valence-electron chi connectivity index (χ2n) is 5.56.